The maximum absolute atomic E-state index is 15.0. The molecule has 7 heteroatoms. The molecule has 0 bridgehead atoms. The first kappa shape index (κ1) is 20.4. The molecule has 0 aliphatic carbocycles. The number of ether oxygens (including phenoxy) is 2. The van der Waals surface area contributed by atoms with Crippen LogP contribution in [0.25, 0.3) is 0 Å². The predicted molar refractivity (Wildman–Crippen MR) is 108 cm³/mol. The van der Waals surface area contributed by atoms with Gasteiger partial charge in [-0.1, -0.05) is 35.3 Å². The molecule has 0 spiro atoms. The number of aromatic nitrogens is 2. The van der Waals surface area contributed by atoms with Crippen molar-refractivity contribution in [1.82, 2.24) is 9.97 Å². The van der Waals surface area contributed by atoms with Gasteiger partial charge in [0.1, 0.15) is 12.3 Å². The summed E-state index contributed by atoms with van der Waals surface area (Å²) in [6.07, 6.45) is 2.98. The molecule has 0 saturated heterocycles. The number of benzene rings is 1. The zero-order valence-electron chi connectivity index (χ0n) is 15.4. The Bertz CT molecular complexity index is 921. The Morgan fingerprint density at radius 2 is 1.82 bits per heavy atom. The average molecular weight is 421 g/mol. The number of methoxy groups -OCH3 is 1. The van der Waals surface area contributed by atoms with E-state index in [-0.39, 0.29) is 12.5 Å². The van der Waals surface area contributed by atoms with E-state index in [1.54, 1.807) is 24.4 Å². The lowest BCUT2D eigenvalue weighted by molar-refractivity contribution is 0.210. The molecule has 0 aliphatic rings. The van der Waals surface area contributed by atoms with Crippen LogP contribution in [0.1, 0.15) is 36.0 Å². The van der Waals surface area contributed by atoms with Crippen molar-refractivity contribution in [3.8, 4) is 11.5 Å². The summed E-state index contributed by atoms with van der Waals surface area (Å²) in [7, 11) is 1.54. The number of alkyl halides is 1. The van der Waals surface area contributed by atoms with Gasteiger partial charge < -0.3 is 9.47 Å². The first-order chi connectivity index (χ1) is 13.5. The second-order valence-electron chi connectivity index (χ2n) is 6.18. The number of nitrogens with zero attached hydrogens (tertiary/aromatic N) is 2. The minimum absolute atomic E-state index is 0.0295. The molecule has 2 unspecified atom stereocenters. The van der Waals surface area contributed by atoms with Crippen molar-refractivity contribution in [3.63, 3.8) is 0 Å². The van der Waals surface area contributed by atoms with Crippen molar-refractivity contribution < 1.29 is 13.9 Å². The highest BCUT2D eigenvalue weighted by molar-refractivity contribution is 6.35. The van der Waals surface area contributed by atoms with E-state index in [0.717, 1.165) is 5.69 Å². The number of pyridine rings is 2. The minimum atomic E-state index is -1.32. The van der Waals surface area contributed by atoms with Crippen molar-refractivity contribution in [1.29, 1.82) is 0 Å². The first-order valence-corrected chi connectivity index (χ1v) is 9.42. The van der Waals surface area contributed by atoms with Gasteiger partial charge in [-0.2, -0.15) is 0 Å². The molecule has 0 aliphatic heterocycles. The van der Waals surface area contributed by atoms with Crippen LogP contribution in [-0.2, 0) is 6.42 Å². The van der Waals surface area contributed by atoms with E-state index in [1.165, 1.54) is 19.5 Å². The first-order valence-electron chi connectivity index (χ1n) is 8.67. The summed E-state index contributed by atoms with van der Waals surface area (Å²) in [6.45, 7) is 1.87. The SMILES string of the molecule is COc1ccc(C(F)Cc2c(Cl)cncc2Cl)cc1OC(C)c1ccccn1. The molecule has 0 N–H and O–H groups in total. The Hall–Kier alpha value is -2.37. The van der Waals surface area contributed by atoms with Crippen molar-refractivity contribution in [2.45, 2.75) is 25.6 Å². The predicted octanol–water partition coefficient (Wildman–Crippen LogP) is 6.19. The fraction of sp³-hybridized carbons (Fsp3) is 0.238. The highest BCUT2D eigenvalue weighted by Crippen LogP contribution is 2.36. The minimum Gasteiger partial charge on any atom is -0.493 e. The summed E-state index contributed by atoms with van der Waals surface area (Å²) in [5.74, 6) is 0.950. The molecule has 0 radical (unpaired) electrons. The molecule has 28 heavy (non-hydrogen) atoms. The van der Waals surface area contributed by atoms with Crippen LogP contribution in [0, 0.1) is 0 Å². The summed E-state index contributed by atoms with van der Waals surface area (Å²) in [5, 5.41) is 0.674. The van der Waals surface area contributed by atoms with Crippen molar-refractivity contribution >= 4 is 23.2 Å². The van der Waals surface area contributed by atoms with E-state index in [0.29, 0.717) is 32.7 Å². The average Bonchev–Trinajstić information content (AvgIpc) is 2.71. The summed E-state index contributed by atoms with van der Waals surface area (Å²) >= 11 is 12.2. The molecule has 3 aromatic rings. The Morgan fingerprint density at radius 3 is 2.46 bits per heavy atom. The van der Waals surface area contributed by atoms with E-state index in [1.807, 2.05) is 25.1 Å². The molecule has 2 aromatic heterocycles. The van der Waals surface area contributed by atoms with Gasteiger partial charge in [0.15, 0.2) is 11.5 Å². The van der Waals surface area contributed by atoms with Gasteiger partial charge in [0.2, 0.25) is 0 Å². The number of halogens is 3. The third kappa shape index (κ3) is 4.72. The maximum Gasteiger partial charge on any atom is 0.162 e. The maximum atomic E-state index is 15.0. The summed E-state index contributed by atoms with van der Waals surface area (Å²) < 4.78 is 26.4. The van der Waals surface area contributed by atoms with Gasteiger partial charge in [-0.3, -0.25) is 9.97 Å². The van der Waals surface area contributed by atoms with Gasteiger partial charge in [0.05, 0.1) is 22.8 Å². The highest BCUT2D eigenvalue weighted by atomic mass is 35.5. The topological polar surface area (TPSA) is 44.2 Å². The van der Waals surface area contributed by atoms with Crippen LogP contribution in [-0.4, -0.2) is 17.1 Å². The fourth-order valence-electron chi connectivity index (χ4n) is 2.78. The second kappa shape index (κ2) is 9.22. The molecule has 146 valence electrons. The van der Waals surface area contributed by atoms with Gasteiger partial charge in [-0.15, -0.1) is 0 Å². The quantitative estimate of drug-likeness (QED) is 0.457. The third-order valence-corrected chi connectivity index (χ3v) is 4.94. The molecular formula is C21H19Cl2FN2O2. The van der Waals surface area contributed by atoms with Crippen LogP contribution < -0.4 is 9.47 Å². The van der Waals surface area contributed by atoms with Gasteiger partial charge in [0.25, 0.3) is 0 Å². The lowest BCUT2D eigenvalue weighted by atomic mass is 10.0. The van der Waals surface area contributed by atoms with Gasteiger partial charge in [-0.25, -0.2) is 4.39 Å². The van der Waals surface area contributed by atoms with Crippen LogP contribution in [0.4, 0.5) is 4.39 Å². The zero-order valence-corrected chi connectivity index (χ0v) is 16.9. The summed E-state index contributed by atoms with van der Waals surface area (Å²) in [4.78, 5) is 8.18. The lowest BCUT2D eigenvalue weighted by Crippen LogP contribution is -2.07. The summed E-state index contributed by atoms with van der Waals surface area (Å²) in [6, 6.07) is 10.6. The van der Waals surface area contributed by atoms with Crippen molar-refractivity contribution in [2.75, 3.05) is 7.11 Å². The highest BCUT2D eigenvalue weighted by Gasteiger charge is 2.19. The molecule has 2 heterocycles. The van der Waals surface area contributed by atoms with Gasteiger partial charge >= 0.3 is 0 Å². The molecule has 2 atom stereocenters. The fourth-order valence-corrected chi connectivity index (χ4v) is 3.30. The summed E-state index contributed by atoms with van der Waals surface area (Å²) in [5.41, 5.74) is 1.72. The standard InChI is InChI=1S/C21H19Cl2FN2O2/c1-13(19-5-3-4-8-26-19)28-21-9-14(6-7-20(21)27-2)18(24)10-15-16(22)11-25-12-17(15)23/h3-9,11-13,18H,10H2,1-2H3. The van der Waals surface area contributed by atoms with E-state index >= 15 is 4.39 Å². The Balaban J connectivity index is 1.84. The Morgan fingerprint density at radius 1 is 1.07 bits per heavy atom. The monoisotopic (exact) mass is 420 g/mol. The van der Waals surface area contributed by atoms with Gasteiger partial charge in [-0.05, 0) is 42.3 Å². The zero-order chi connectivity index (χ0) is 20.1. The third-order valence-electron chi connectivity index (χ3n) is 4.29. The normalized spacial score (nSPS) is 13.0. The molecule has 0 fully saturated rings. The largest absolute Gasteiger partial charge is 0.493 e. The molecule has 1 aromatic carbocycles. The molecule has 0 amide bonds. The molecule has 4 nitrogen and oxygen atoms in total. The smallest absolute Gasteiger partial charge is 0.162 e. The van der Waals surface area contributed by atoms with Crippen LogP contribution in [0.2, 0.25) is 10.0 Å². The molecule has 3 rings (SSSR count). The van der Waals surface area contributed by atoms with E-state index < -0.39 is 6.17 Å². The molecular weight excluding hydrogens is 402 g/mol. The van der Waals surface area contributed by atoms with Crippen molar-refractivity contribution in [3.05, 3.63) is 81.9 Å². The van der Waals surface area contributed by atoms with Crippen LogP contribution in [0.5, 0.6) is 11.5 Å². The van der Waals surface area contributed by atoms with Crippen LogP contribution in [0.3, 0.4) is 0 Å². The number of hydrogen-bond donors (Lipinski definition) is 0. The Kier molecular flexibility index (Phi) is 6.70. The van der Waals surface area contributed by atoms with Gasteiger partial charge in [0, 0.05) is 25.0 Å². The van der Waals surface area contributed by atoms with Crippen LogP contribution in [0.15, 0.2) is 55.0 Å². The Labute approximate surface area is 173 Å². The number of hydrogen-bond acceptors (Lipinski definition) is 4. The van der Waals surface area contributed by atoms with E-state index in [2.05, 4.69) is 9.97 Å². The number of rotatable bonds is 7. The van der Waals surface area contributed by atoms with E-state index in [9.17, 15) is 0 Å². The second-order valence-corrected chi connectivity index (χ2v) is 6.99. The lowest BCUT2D eigenvalue weighted by Gasteiger charge is -2.18. The van der Waals surface area contributed by atoms with Crippen LogP contribution >= 0.6 is 23.2 Å². The molecule has 0 saturated carbocycles. The van der Waals surface area contributed by atoms with E-state index in [4.69, 9.17) is 32.7 Å². The van der Waals surface area contributed by atoms with Crippen molar-refractivity contribution in [2.24, 2.45) is 0 Å².